The first-order valence-corrected chi connectivity index (χ1v) is 8.16. The molecule has 0 amide bonds. The summed E-state index contributed by atoms with van der Waals surface area (Å²) in [5.74, 6) is 0. The van der Waals surface area contributed by atoms with Gasteiger partial charge >= 0.3 is 0 Å². The number of aryl methyl sites for hydroxylation is 2. The van der Waals surface area contributed by atoms with E-state index >= 15 is 0 Å². The lowest BCUT2D eigenvalue weighted by molar-refractivity contribution is 0.677. The lowest BCUT2D eigenvalue weighted by Crippen LogP contribution is -2.13. The molecule has 1 atom stereocenters. The molecule has 0 fully saturated rings. The third-order valence-electron chi connectivity index (χ3n) is 4.42. The third kappa shape index (κ3) is 2.85. The number of aromatic amines is 1. The second-order valence-electron chi connectivity index (χ2n) is 6.25. The Morgan fingerprint density at radius 1 is 1.04 bits per heavy atom. The molecule has 5 heteroatoms. The van der Waals surface area contributed by atoms with Gasteiger partial charge in [-0.15, -0.1) is 0 Å². The van der Waals surface area contributed by atoms with E-state index in [0.717, 1.165) is 16.6 Å². The van der Waals surface area contributed by atoms with Gasteiger partial charge in [-0.25, -0.2) is 9.97 Å². The normalized spacial score (nSPS) is 12.4. The van der Waals surface area contributed by atoms with Crippen molar-refractivity contribution >= 4 is 11.0 Å². The van der Waals surface area contributed by atoms with Crippen molar-refractivity contribution in [1.29, 1.82) is 0 Å². The number of hydrogen-bond donors (Lipinski definition) is 1. The summed E-state index contributed by atoms with van der Waals surface area (Å²) >= 11 is 0. The molecule has 0 bridgehead atoms. The number of fused-ring (bicyclic) bond motifs is 1. The monoisotopic (exact) mass is 330 g/mol. The minimum Gasteiger partial charge on any atom is -0.326 e. The lowest BCUT2D eigenvalue weighted by Gasteiger charge is -2.20. The maximum absolute atomic E-state index is 11.8. The van der Waals surface area contributed by atoms with Gasteiger partial charge in [-0.1, -0.05) is 35.9 Å². The number of aromatic nitrogens is 4. The molecule has 0 spiro atoms. The maximum Gasteiger partial charge on any atom is 0.269 e. The molecule has 124 valence electrons. The standard InChI is InChI=1S/C20H18N4O/c1-13-3-5-15(6-4-13)19(24-10-9-21-12-24)16-7-8-17-18(11-16)22-14(2)20(25)23-17/h3-12,19H,1-2H3,(H,23,25). The quantitative estimate of drug-likeness (QED) is 0.626. The molecular weight excluding hydrogens is 312 g/mol. The first kappa shape index (κ1) is 15.3. The van der Waals surface area contributed by atoms with Crippen molar-refractivity contribution in [3.05, 3.63) is 93.9 Å². The zero-order chi connectivity index (χ0) is 17.4. The fraction of sp³-hybridized carbons (Fsp3) is 0.150. The van der Waals surface area contributed by atoms with Crippen LogP contribution in [0.25, 0.3) is 11.0 Å². The van der Waals surface area contributed by atoms with Gasteiger partial charge in [-0.3, -0.25) is 4.79 Å². The molecule has 0 saturated carbocycles. The van der Waals surface area contributed by atoms with Crippen molar-refractivity contribution in [3.63, 3.8) is 0 Å². The lowest BCUT2D eigenvalue weighted by atomic mass is 9.97. The van der Waals surface area contributed by atoms with Crippen LogP contribution in [0.1, 0.15) is 28.4 Å². The van der Waals surface area contributed by atoms with Crippen molar-refractivity contribution < 1.29 is 0 Å². The van der Waals surface area contributed by atoms with Crippen molar-refractivity contribution in [2.45, 2.75) is 19.9 Å². The summed E-state index contributed by atoms with van der Waals surface area (Å²) in [6.07, 6.45) is 5.56. The molecule has 0 saturated heterocycles. The van der Waals surface area contributed by atoms with Crippen molar-refractivity contribution in [1.82, 2.24) is 19.5 Å². The average Bonchev–Trinajstić information content (AvgIpc) is 3.12. The van der Waals surface area contributed by atoms with Crippen molar-refractivity contribution in [2.75, 3.05) is 0 Å². The van der Waals surface area contributed by atoms with Gasteiger partial charge in [-0.05, 0) is 37.1 Å². The molecule has 4 aromatic rings. The van der Waals surface area contributed by atoms with E-state index in [0.29, 0.717) is 5.69 Å². The van der Waals surface area contributed by atoms with Gasteiger partial charge in [0.05, 0.1) is 23.4 Å². The molecule has 1 unspecified atom stereocenters. The summed E-state index contributed by atoms with van der Waals surface area (Å²) in [5, 5.41) is 0. The van der Waals surface area contributed by atoms with E-state index in [1.165, 1.54) is 11.1 Å². The van der Waals surface area contributed by atoms with Gasteiger partial charge in [-0.2, -0.15) is 0 Å². The highest BCUT2D eigenvalue weighted by atomic mass is 16.1. The first-order valence-electron chi connectivity index (χ1n) is 8.16. The number of rotatable bonds is 3. The van der Waals surface area contributed by atoms with Crippen LogP contribution in [-0.2, 0) is 0 Å². The second kappa shape index (κ2) is 6.02. The number of hydrogen-bond acceptors (Lipinski definition) is 3. The second-order valence-corrected chi connectivity index (χ2v) is 6.25. The fourth-order valence-corrected chi connectivity index (χ4v) is 3.07. The van der Waals surface area contributed by atoms with Crippen LogP contribution in [0.3, 0.4) is 0 Å². The van der Waals surface area contributed by atoms with E-state index in [-0.39, 0.29) is 11.6 Å². The Morgan fingerprint density at radius 3 is 2.52 bits per heavy atom. The molecule has 0 aliphatic rings. The summed E-state index contributed by atoms with van der Waals surface area (Å²) in [6.45, 7) is 3.80. The molecule has 25 heavy (non-hydrogen) atoms. The largest absolute Gasteiger partial charge is 0.326 e. The van der Waals surface area contributed by atoms with Crippen LogP contribution in [0, 0.1) is 13.8 Å². The number of H-pyrrole nitrogens is 1. The van der Waals surface area contributed by atoms with Gasteiger partial charge in [0, 0.05) is 12.4 Å². The highest BCUT2D eigenvalue weighted by Gasteiger charge is 2.17. The van der Waals surface area contributed by atoms with Crippen LogP contribution >= 0.6 is 0 Å². The Bertz CT molecular complexity index is 1080. The summed E-state index contributed by atoms with van der Waals surface area (Å²) in [6, 6.07) is 14.5. The molecule has 0 aliphatic heterocycles. The number of nitrogens with zero attached hydrogens (tertiary/aromatic N) is 3. The summed E-state index contributed by atoms with van der Waals surface area (Å²) in [7, 11) is 0. The van der Waals surface area contributed by atoms with Crippen molar-refractivity contribution in [2.24, 2.45) is 0 Å². The van der Waals surface area contributed by atoms with E-state index in [9.17, 15) is 4.79 Å². The molecular formula is C20H18N4O. The Morgan fingerprint density at radius 2 is 1.80 bits per heavy atom. The van der Waals surface area contributed by atoms with E-state index in [2.05, 4.69) is 50.7 Å². The highest BCUT2D eigenvalue weighted by Crippen LogP contribution is 2.28. The molecule has 0 radical (unpaired) electrons. The Hall–Kier alpha value is -3.21. The van der Waals surface area contributed by atoms with Crippen LogP contribution in [0.2, 0.25) is 0 Å². The van der Waals surface area contributed by atoms with Gasteiger partial charge in [0.15, 0.2) is 0 Å². The zero-order valence-electron chi connectivity index (χ0n) is 14.1. The molecule has 5 nitrogen and oxygen atoms in total. The Balaban J connectivity index is 1.90. The van der Waals surface area contributed by atoms with Gasteiger partial charge in [0.1, 0.15) is 5.69 Å². The summed E-state index contributed by atoms with van der Waals surface area (Å²) < 4.78 is 2.07. The number of benzene rings is 2. The van der Waals surface area contributed by atoms with E-state index in [1.807, 2.05) is 30.7 Å². The first-order chi connectivity index (χ1) is 12.1. The number of imidazole rings is 1. The van der Waals surface area contributed by atoms with E-state index < -0.39 is 0 Å². The predicted octanol–water partition coefficient (Wildman–Crippen LogP) is 3.37. The molecule has 0 aliphatic carbocycles. The van der Waals surface area contributed by atoms with Crippen LogP contribution < -0.4 is 5.56 Å². The summed E-state index contributed by atoms with van der Waals surface area (Å²) in [5.41, 5.74) is 5.34. The molecule has 2 aromatic heterocycles. The Kier molecular flexibility index (Phi) is 3.69. The predicted molar refractivity (Wildman–Crippen MR) is 97.7 cm³/mol. The van der Waals surface area contributed by atoms with Crippen LogP contribution in [-0.4, -0.2) is 19.5 Å². The number of nitrogens with one attached hydrogen (secondary N) is 1. The summed E-state index contributed by atoms with van der Waals surface area (Å²) in [4.78, 5) is 23.3. The average molecular weight is 330 g/mol. The van der Waals surface area contributed by atoms with Crippen LogP contribution in [0.4, 0.5) is 0 Å². The smallest absolute Gasteiger partial charge is 0.269 e. The van der Waals surface area contributed by atoms with E-state index in [1.54, 1.807) is 13.1 Å². The fourth-order valence-electron chi connectivity index (χ4n) is 3.07. The van der Waals surface area contributed by atoms with Crippen LogP contribution in [0.5, 0.6) is 0 Å². The van der Waals surface area contributed by atoms with Crippen LogP contribution in [0.15, 0.2) is 66.0 Å². The molecule has 4 rings (SSSR count). The Labute approximate surface area is 145 Å². The zero-order valence-corrected chi connectivity index (χ0v) is 14.1. The SMILES string of the molecule is Cc1ccc(C(c2ccc3[nH]c(=O)c(C)nc3c2)n2ccnc2)cc1. The maximum atomic E-state index is 11.8. The topological polar surface area (TPSA) is 63.6 Å². The molecule has 2 aromatic carbocycles. The minimum atomic E-state index is -0.148. The minimum absolute atomic E-state index is 0.00142. The molecule has 2 heterocycles. The molecule has 1 N–H and O–H groups in total. The third-order valence-corrected chi connectivity index (χ3v) is 4.42. The van der Waals surface area contributed by atoms with Gasteiger partial charge < -0.3 is 9.55 Å². The van der Waals surface area contributed by atoms with Gasteiger partial charge in [0.25, 0.3) is 5.56 Å². The van der Waals surface area contributed by atoms with Crippen molar-refractivity contribution in [3.8, 4) is 0 Å². The van der Waals surface area contributed by atoms with E-state index in [4.69, 9.17) is 0 Å². The highest BCUT2D eigenvalue weighted by molar-refractivity contribution is 5.75. The van der Waals surface area contributed by atoms with Gasteiger partial charge in [0.2, 0.25) is 0 Å².